The summed E-state index contributed by atoms with van der Waals surface area (Å²) in [5, 5.41) is 0. The number of rotatable bonds is 2. The van der Waals surface area contributed by atoms with Crippen LogP contribution in [0.5, 0.6) is 0 Å². The second-order valence-corrected chi connectivity index (χ2v) is 1.55. The quantitative estimate of drug-likeness (QED) is 0.325. The minimum absolute atomic E-state index is 0. The molecule has 0 aromatic heterocycles. The molecule has 0 amide bonds. The van der Waals surface area contributed by atoms with Crippen LogP contribution in [0.15, 0.2) is 0 Å². The fraction of sp³-hybridized carbons (Fsp3) is 0.667. The molecule has 0 aromatic carbocycles. The van der Waals surface area contributed by atoms with Crippen molar-refractivity contribution in [3.8, 4) is 0 Å². The van der Waals surface area contributed by atoms with Gasteiger partial charge in [-0.25, -0.2) is 0 Å². The van der Waals surface area contributed by atoms with Crippen molar-refractivity contribution >= 4 is 41.5 Å². The summed E-state index contributed by atoms with van der Waals surface area (Å²) in [4.78, 5) is 20.7. The number of hydrogen-bond donors (Lipinski definition) is 0. The number of ether oxygens (including phenoxy) is 1. The van der Waals surface area contributed by atoms with Crippen LogP contribution >= 0.6 is 0 Å². The van der Waals surface area contributed by atoms with E-state index >= 15 is 0 Å². The molecule has 10 heavy (non-hydrogen) atoms. The predicted octanol–water partition coefficient (Wildman–Crippen LogP) is 0.228. The van der Waals surface area contributed by atoms with E-state index < -0.39 is 11.9 Å². The van der Waals surface area contributed by atoms with E-state index in [4.69, 9.17) is 0 Å². The van der Waals surface area contributed by atoms with Gasteiger partial charge in [0.2, 0.25) is 0 Å². The van der Waals surface area contributed by atoms with Gasteiger partial charge in [-0.15, -0.1) is 0 Å². The first-order valence-corrected chi connectivity index (χ1v) is 2.94. The van der Waals surface area contributed by atoms with Crippen LogP contribution in [0.4, 0.5) is 0 Å². The first-order chi connectivity index (χ1) is 4.20. The van der Waals surface area contributed by atoms with E-state index in [9.17, 15) is 9.59 Å². The maximum atomic E-state index is 10.3. The van der Waals surface area contributed by atoms with E-state index in [-0.39, 0.29) is 42.4 Å². The molecule has 4 heteroatoms. The van der Waals surface area contributed by atoms with Gasteiger partial charge >= 0.3 is 41.5 Å². The Hall–Kier alpha value is 0.140. The Kier molecular flexibility index (Phi) is 9.27. The molecule has 0 saturated heterocycles. The van der Waals surface area contributed by atoms with Crippen LogP contribution in [-0.4, -0.2) is 41.5 Å². The molecule has 0 aliphatic carbocycles. The number of esters is 2. The van der Waals surface area contributed by atoms with Crippen molar-refractivity contribution in [3.63, 3.8) is 0 Å². The summed E-state index contributed by atoms with van der Waals surface area (Å²) in [6.07, 6.45) is 0.511. The molecule has 54 valence electrons. The van der Waals surface area contributed by atoms with E-state index in [0.717, 1.165) is 0 Å². The van der Waals surface area contributed by atoms with E-state index in [1.807, 2.05) is 0 Å². The van der Waals surface area contributed by atoms with Gasteiger partial charge in [0.15, 0.2) is 0 Å². The number of hydrogen-bond acceptors (Lipinski definition) is 3. The van der Waals surface area contributed by atoms with Gasteiger partial charge in [0.05, 0.1) is 0 Å². The summed E-state index contributed by atoms with van der Waals surface area (Å²) in [5.41, 5.74) is 0. The third kappa shape index (κ3) is 6.26. The van der Waals surface area contributed by atoms with Crippen molar-refractivity contribution < 1.29 is 14.3 Å². The van der Waals surface area contributed by atoms with Gasteiger partial charge in [-0.1, -0.05) is 13.8 Å². The van der Waals surface area contributed by atoms with Crippen molar-refractivity contribution in [1.29, 1.82) is 0 Å². The molecule has 0 atom stereocenters. The Morgan fingerprint density at radius 2 is 1.40 bits per heavy atom. The fourth-order valence-corrected chi connectivity index (χ4v) is 0.271. The predicted molar refractivity (Wildman–Crippen MR) is 38.8 cm³/mol. The number of carbonyl (C=O) groups is 2. The average Bonchev–Trinajstić information content (AvgIpc) is 1.87. The molecular formula is C6H11NaO3. The van der Waals surface area contributed by atoms with Crippen molar-refractivity contribution in [2.75, 3.05) is 0 Å². The van der Waals surface area contributed by atoms with Crippen LogP contribution in [-0.2, 0) is 14.3 Å². The van der Waals surface area contributed by atoms with Crippen molar-refractivity contribution in [3.05, 3.63) is 0 Å². The van der Waals surface area contributed by atoms with Gasteiger partial charge in [-0.3, -0.25) is 9.59 Å². The molecule has 0 N–H and O–H groups in total. The molecule has 0 spiro atoms. The van der Waals surface area contributed by atoms with Gasteiger partial charge in [-0.2, -0.15) is 0 Å². The molecule has 0 heterocycles. The van der Waals surface area contributed by atoms with E-state index in [2.05, 4.69) is 4.74 Å². The zero-order chi connectivity index (χ0) is 7.28. The summed E-state index contributed by atoms with van der Waals surface area (Å²) in [7, 11) is 0. The second-order valence-electron chi connectivity index (χ2n) is 1.55. The Morgan fingerprint density at radius 3 is 1.60 bits per heavy atom. The fourth-order valence-electron chi connectivity index (χ4n) is 0.271. The molecular weight excluding hydrogens is 143 g/mol. The second kappa shape index (κ2) is 7.25. The third-order valence-electron chi connectivity index (χ3n) is 0.805. The van der Waals surface area contributed by atoms with Crippen molar-refractivity contribution in [1.82, 2.24) is 0 Å². The average molecular weight is 154 g/mol. The first kappa shape index (κ1) is 12.8. The van der Waals surface area contributed by atoms with Gasteiger partial charge in [-0.05, 0) is 0 Å². The summed E-state index contributed by atoms with van der Waals surface area (Å²) >= 11 is 0. The van der Waals surface area contributed by atoms with E-state index in [0.29, 0.717) is 0 Å². The molecule has 0 aliphatic rings. The van der Waals surface area contributed by atoms with E-state index in [1.54, 1.807) is 13.8 Å². The zero-order valence-corrected chi connectivity index (χ0v) is 5.64. The van der Waals surface area contributed by atoms with Gasteiger partial charge < -0.3 is 4.74 Å². The van der Waals surface area contributed by atoms with Crippen LogP contribution in [0.25, 0.3) is 0 Å². The summed E-state index contributed by atoms with van der Waals surface area (Å²) in [6.45, 7) is 3.29. The molecule has 0 aromatic rings. The van der Waals surface area contributed by atoms with E-state index in [1.165, 1.54) is 0 Å². The van der Waals surface area contributed by atoms with Crippen LogP contribution in [0.3, 0.4) is 0 Å². The molecule has 0 saturated carbocycles. The van der Waals surface area contributed by atoms with Crippen LogP contribution in [0, 0.1) is 0 Å². The summed E-state index contributed by atoms with van der Waals surface area (Å²) < 4.78 is 4.27. The minimum atomic E-state index is -0.457. The maximum absolute atomic E-state index is 10.3. The van der Waals surface area contributed by atoms with Crippen molar-refractivity contribution in [2.45, 2.75) is 26.7 Å². The van der Waals surface area contributed by atoms with Gasteiger partial charge in [0.25, 0.3) is 0 Å². The van der Waals surface area contributed by atoms with Crippen molar-refractivity contribution in [2.24, 2.45) is 0 Å². The molecule has 0 fully saturated rings. The summed E-state index contributed by atoms with van der Waals surface area (Å²) in [6, 6.07) is 0. The Bertz CT molecular complexity index is 108. The molecule has 0 aliphatic heterocycles. The molecule has 0 rings (SSSR count). The summed E-state index contributed by atoms with van der Waals surface area (Å²) in [5.74, 6) is -0.913. The first-order valence-electron chi connectivity index (χ1n) is 2.94. The zero-order valence-electron chi connectivity index (χ0n) is 5.64. The van der Waals surface area contributed by atoms with Crippen LogP contribution in [0.1, 0.15) is 26.7 Å². The molecule has 0 unspecified atom stereocenters. The molecule has 0 radical (unpaired) electrons. The Morgan fingerprint density at radius 1 is 1.10 bits per heavy atom. The molecule has 0 bridgehead atoms. The SMILES string of the molecule is CCC(=O)OC(=O)CC.[NaH]. The Balaban J connectivity index is 0. The molecule has 3 nitrogen and oxygen atoms in total. The Labute approximate surface area is 82.4 Å². The normalized spacial score (nSPS) is 7.80. The van der Waals surface area contributed by atoms with Crippen LogP contribution in [0.2, 0.25) is 0 Å². The topological polar surface area (TPSA) is 43.4 Å². The van der Waals surface area contributed by atoms with Gasteiger partial charge in [0.1, 0.15) is 0 Å². The monoisotopic (exact) mass is 154 g/mol. The number of carbonyl (C=O) groups excluding carboxylic acids is 2. The van der Waals surface area contributed by atoms with Gasteiger partial charge in [0, 0.05) is 12.8 Å². The third-order valence-corrected chi connectivity index (χ3v) is 0.805. The van der Waals surface area contributed by atoms with Crippen LogP contribution < -0.4 is 0 Å². The standard InChI is InChI=1S/C6H10O3.Na.H/c1-3-5(7)9-6(8)4-2;;/h3-4H2,1-2H3;;.